The maximum absolute atomic E-state index is 11.9. The molecule has 3 atom stereocenters. The summed E-state index contributed by atoms with van der Waals surface area (Å²) >= 11 is 0. The number of pyridine rings is 1. The van der Waals surface area contributed by atoms with Crippen LogP contribution in [0, 0.1) is 5.92 Å². The topological polar surface area (TPSA) is 34.0 Å². The molecule has 1 fully saturated rings. The Morgan fingerprint density at radius 1 is 1.53 bits per heavy atom. The maximum atomic E-state index is 11.9. The van der Waals surface area contributed by atoms with Crippen molar-refractivity contribution < 1.29 is 0 Å². The number of nitrogens with one attached hydrogen (secondary N) is 1. The number of piperidine rings is 1. The monoisotopic (exact) mass is 230 g/mol. The minimum absolute atomic E-state index is 0.149. The summed E-state index contributed by atoms with van der Waals surface area (Å²) in [5.74, 6) is 1.07. The fourth-order valence-electron chi connectivity index (χ4n) is 3.28. The predicted molar refractivity (Wildman–Crippen MR) is 68.2 cm³/mol. The highest BCUT2D eigenvalue weighted by Gasteiger charge is 2.35. The first kappa shape index (κ1) is 10.8. The molecule has 1 aromatic heterocycles. The Bertz CT molecular complexity index is 491. The Balaban J connectivity index is 1.97. The van der Waals surface area contributed by atoms with Gasteiger partial charge in [-0.2, -0.15) is 0 Å². The fourth-order valence-corrected chi connectivity index (χ4v) is 3.28. The molecule has 0 aliphatic carbocycles. The van der Waals surface area contributed by atoms with E-state index in [9.17, 15) is 4.79 Å². The third-order valence-electron chi connectivity index (χ3n) is 4.12. The van der Waals surface area contributed by atoms with Gasteiger partial charge >= 0.3 is 0 Å². The Labute approximate surface area is 101 Å². The van der Waals surface area contributed by atoms with Crippen molar-refractivity contribution in [2.24, 2.45) is 5.92 Å². The molecule has 1 saturated heterocycles. The number of hydrogen-bond acceptors (Lipinski definition) is 2. The van der Waals surface area contributed by atoms with E-state index in [1.54, 1.807) is 6.07 Å². The van der Waals surface area contributed by atoms with Crippen LogP contribution in [-0.2, 0) is 6.54 Å². The lowest BCUT2D eigenvalue weighted by molar-refractivity contribution is 0.194. The highest BCUT2D eigenvalue weighted by molar-refractivity contribution is 5.17. The van der Waals surface area contributed by atoms with Crippen LogP contribution in [0.3, 0.4) is 0 Å². The summed E-state index contributed by atoms with van der Waals surface area (Å²) in [6.45, 7) is 5.66. The molecule has 90 valence electrons. The minimum Gasteiger partial charge on any atom is -0.313 e. The second-order valence-electron chi connectivity index (χ2n) is 5.13. The van der Waals surface area contributed by atoms with Gasteiger partial charge in [-0.05, 0) is 24.8 Å². The molecule has 0 radical (unpaired) electrons. The molecular weight excluding hydrogens is 212 g/mol. The van der Waals surface area contributed by atoms with Gasteiger partial charge in [-0.1, -0.05) is 12.1 Å². The van der Waals surface area contributed by atoms with Gasteiger partial charge in [-0.15, -0.1) is 6.58 Å². The molecule has 2 aliphatic heterocycles. The first-order valence-corrected chi connectivity index (χ1v) is 6.33. The zero-order valence-corrected chi connectivity index (χ0v) is 9.93. The quantitative estimate of drug-likeness (QED) is 0.781. The van der Waals surface area contributed by atoms with Crippen molar-refractivity contribution in [3.8, 4) is 0 Å². The summed E-state index contributed by atoms with van der Waals surface area (Å²) in [7, 11) is 0. The molecule has 2 aliphatic rings. The molecule has 0 saturated carbocycles. The van der Waals surface area contributed by atoms with Gasteiger partial charge in [-0.25, -0.2) is 0 Å². The summed E-state index contributed by atoms with van der Waals surface area (Å²) in [4.78, 5) is 11.9. The van der Waals surface area contributed by atoms with Crippen LogP contribution in [0.1, 0.15) is 24.5 Å². The van der Waals surface area contributed by atoms with Crippen molar-refractivity contribution in [2.75, 3.05) is 6.54 Å². The van der Waals surface area contributed by atoms with E-state index in [-0.39, 0.29) is 5.56 Å². The molecule has 3 nitrogen and oxygen atoms in total. The van der Waals surface area contributed by atoms with E-state index in [0.717, 1.165) is 19.5 Å². The van der Waals surface area contributed by atoms with Crippen LogP contribution in [-0.4, -0.2) is 17.2 Å². The summed E-state index contributed by atoms with van der Waals surface area (Å²) in [6, 6.07) is 6.13. The number of hydrogen-bond donors (Lipinski definition) is 1. The van der Waals surface area contributed by atoms with Gasteiger partial charge in [0.25, 0.3) is 5.56 Å². The zero-order chi connectivity index (χ0) is 11.8. The van der Waals surface area contributed by atoms with Gasteiger partial charge in [0.15, 0.2) is 0 Å². The second kappa shape index (κ2) is 4.15. The van der Waals surface area contributed by atoms with Gasteiger partial charge in [0, 0.05) is 36.8 Å². The lowest BCUT2D eigenvalue weighted by Crippen LogP contribution is -2.50. The van der Waals surface area contributed by atoms with Crippen LogP contribution >= 0.6 is 0 Å². The summed E-state index contributed by atoms with van der Waals surface area (Å²) in [6.07, 6.45) is 4.17. The van der Waals surface area contributed by atoms with Crippen LogP contribution < -0.4 is 10.9 Å². The molecule has 17 heavy (non-hydrogen) atoms. The highest BCUT2D eigenvalue weighted by atomic mass is 16.1. The van der Waals surface area contributed by atoms with Crippen molar-refractivity contribution in [2.45, 2.75) is 31.3 Å². The van der Waals surface area contributed by atoms with E-state index in [1.165, 1.54) is 12.1 Å². The summed E-state index contributed by atoms with van der Waals surface area (Å²) < 4.78 is 1.97. The molecule has 2 bridgehead atoms. The standard InChI is InChI=1S/C14H18N2O/c1-2-4-12-11-7-10(8-15-12)13-5-3-6-14(17)16(13)9-11/h2-3,5-6,10-12,15H,1,4,7-9H2. The Kier molecular flexibility index (Phi) is 2.63. The molecule has 3 heteroatoms. The smallest absolute Gasteiger partial charge is 0.250 e. The first-order valence-electron chi connectivity index (χ1n) is 6.33. The molecular formula is C14H18N2O. The van der Waals surface area contributed by atoms with E-state index in [2.05, 4.69) is 18.0 Å². The van der Waals surface area contributed by atoms with Crippen molar-refractivity contribution in [3.63, 3.8) is 0 Å². The average Bonchev–Trinajstić information content (AvgIpc) is 2.34. The zero-order valence-electron chi connectivity index (χ0n) is 9.93. The Hall–Kier alpha value is -1.35. The normalized spacial score (nSPS) is 30.7. The van der Waals surface area contributed by atoms with Crippen LogP contribution in [0.4, 0.5) is 0 Å². The summed E-state index contributed by atoms with van der Waals surface area (Å²) in [5, 5.41) is 3.60. The van der Waals surface area contributed by atoms with Crippen molar-refractivity contribution >= 4 is 0 Å². The van der Waals surface area contributed by atoms with Crippen molar-refractivity contribution in [1.82, 2.24) is 9.88 Å². The van der Waals surface area contributed by atoms with Gasteiger partial charge in [-0.3, -0.25) is 4.79 Å². The molecule has 3 rings (SSSR count). The highest BCUT2D eigenvalue weighted by Crippen LogP contribution is 2.35. The summed E-state index contributed by atoms with van der Waals surface area (Å²) in [5.41, 5.74) is 1.36. The third kappa shape index (κ3) is 1.75. The molecule has 1 N–H and O–H groups in total. The number of nitrogens with zero attached hydrogens (tertiary/aromatic N) is 1. The van der Waals surface area contributed by atoms with E-state index < -0.39 is 0 Å². The van der Waals surface area contributed by atoms with Gasteiger partial charge < -0.3 is 9.88 Å². The SMILES string of the molecule is C=CCC1NCC2CC1Cn1c2cccc1=O. The lowest BCUT2D eigenvalue weighted by Gasteiger charge is -2.42. The predicted octanol–water partition coefficient (Wildman–Crippen LogP) is 1.50. The molecule has 0 amide bonds. The average molecular weight is 230 g/mol. The lowest BCUT2D eigenvalue weighted by atomic mass is 9.78. The van der Waals surface area contributed by atoms with Crippen LogP contribution in [0.25, 0.3) is 0 Å². The van der Waals surface area contributed by atoms with Crippen LogP contribution in [0.5, 0.6) is 0 Å². The molecule has 3 unspecified atom stereocenters. The largest absolute Gasteiger partial charge is 0.313 e. The number of fused-ring (bicyclic) bond motifs is 4. The van der Waals surface area contributed by atoms with Crippen LogP contribution in [0.15, 0.2) is 35.6 Å². The maximum Gasteiger partial charge on any atom is 0.250 e. The fraction of sp³-hybridized carbons (Fsp3) is 0.500. The molecule has 0 aromatic carbocycles. The van der Waals surface area contributed by atoms with E-state index >= 15 is 0 Å². The molecule has 3 heterocycles. The minimum atomic E-state index is 0.149. The molecule has 1 aromatic rings. The van der Waals surface area contributed by atoms with Gasteiger partial charge in [0.05, 0.1) is 0 Å². The van der Waals surface area contributed by atoms with Crippen molar-refractivity contribution in [3.05, 3.63) is 46.9 Å². The van der Waals surface area contributed by atoms with Crippen molar-refractivity contribution in [1.29, 1.82) is 0 Å². The van der Waals surface area contributed by atoms with Crippen LogP contribution in [0.2, 0.25) is 0 Å². The Morgan fingerprint density at radius 3 is 3.24 bits per heavy atom. The van der Waals surface area contributed by atoms with E-state index in [4.69, 9.17) is 0 Å². The van der Waals surface area contributed by atoms with E-state index in [1.807, 2.05) is 16.7 Å². The second-order valence-corrected chi connectivity index (χ2v) is 5.13. The number of aromatic nitrogens is 1. The van der Waals surface area contributed by atoms with Gasteiger partial charge in [0.2, 0.25) is 0 Å². The first-order chi connectivity index (χ1) is 8.29. The van der Waals surface area contributed by atoms with Gasteiger partial charge in [0.1, 0.15) is 0 Å². The molecule has 0 spiro atoms. The Morgan fingerprint density at radius 2 is 2.41 bits per heavy atom. The third-order valence-corrected chi connectivity index (χ3v) is 4.12. The number of rotatable bonds is 2. The van der Waals surface area contributed by atoms with E-state index in [0.29, 0.717) is 17.9 Å².